The van der Waals surface area contributed by atoms with Gasteiger partial charge in [-0.15, -0.1) is 0 Å². The molecule has 2 heterocycles. The highest BCUT2D eigenvalue weighted by molar-refractivity contribution is 5.96. The second-order valence-electron chi connectivity index (χ2n) is 9.69. The molecule has 0 spiro atoms. The van der Waals surface area contributed by atoms with E-state index in [9.17, 15) is 9.59 Å². The van der Waals surface area contributed by atoms with Gasteiger partial charge in [0.05, 0.1) is 35.3 Å². The first-order chi connectivity index (χ1) is 16.7. The summed E-state index contributed by atoms with van der Waals surface area (Å²) in [6, 6.07) is 15.5. The van der Waals surface area contributed by atoms with Gasteiger partial charge in [0.15, 0.2) is 0 Å². The fourth-order valence-electron chi connectivity index (χ4n) is 4.55. The van der Waals surface area contributed by atoms with E-state index in [0.29, 0.717) is 30.8 Å². The van der Waals surface area contributed by atoms with Gasteiger partial charge in [0.25, 0.3) is 11.8 Å². The van der Waals surface area contributed by atoms with Crippen LogP contribution in [0.5, 0.6) is 0 Å². The number of carbonyl (C=O) groups excluding carboxylic acids is 2. The van der Waals surface area contributed by atoms with Crippen molar-refractivity contribution in [1.82, 2.24) is 20.0 Å². The quantitative estimate of drug-likeness (QED) is 0.571. The van der Waals surface area contributed by atoms with Crippen molar-refractivity contribution in [3.8, 4) is 5.69 Å². The summed E-state index contributed by atoms with van der Waals surface area (Å²) in [7, 11) is 0. The molecule has 35 heavy (non-hydrogen) atoms. The predicted octanol–water partition coefficient (Wildman–Crippen LogP) is 4.48. The standard InChI is InChI=1S/C28H34N4O3/c1-18(2)26-25(15-30-32(26)24-12-6-19(3)7-13-24)27(33)29-14-22-8-10-23(11-9-22)28(34)31-16-20(4)35-21(5)17-31/h6-13,15,18,20-21H,14,16-17H2,1-5H3,(H,29,33). The number of aryl methyl sites for hydroxylation is 1. The van der Waals surface area contributed by atoms with Crippen LogP contribution in [0.1, 0.15) is 71.1 Å². The van der Waals surface area contributed by atoms with Crippen molar-refractivity contribution in [3.05, 3.63) is 82.7 Å². The Labute approximate surface area is 207 Å². The van der Waals surface area contributed by atoms with Crippen molar-refractivity contribution in [2.75, 3.05) is 13.1 Å². The lowest BCUT2D eigenvalue weighted by Gasteiger charge is -2.35. The van der Waals surface area contributed by atoms with Crippen molar-refractivity contribution in [3.63, 3.8) is 0 Å². The number of ether oxygens (including phenoxy) is 1. The summed E-state index contributed by atoms with van der Waals surface area (Å²) < 4.78 is 7.57. The number of hydrogen-bond acceptors (Lipinski definition) is 4. The summed E-state index contributed by atoms with van der Waals surface area (Å²) in [4.78, 5) is 27.8. The number of nitrogens with one attached hydrogen (secondary N) is 1. The normalized spacial score (nSPS) is 18.1. The molecule has 2 amide bonds. The molecule has 0 radical (unpaired) electrons. The van der Waals surface area contributed by atoms with Crippen LogP contribution in [0.3, 0.4) is 0 Å². The van der Waals surface area contributed by atoms with Gasteiger partial charge in [-0.25, -0.2) is 4.68 Å². The fraction of sp³-hybridized carbons (Fsp3) is 0.393. The second kappa shape index (κ2) is 10.4. The van der Waals surface area contributed by atoms with Gasteiger partial charge in [0, 0.05) is 25.2 Å². The number of amides is 2. The van der Waals surface area contributed by atoms with Crippen molar-refractivity contribution < 1.29 is 14.3 Å². The van der Waals surface area contributed by atoms with Crippen LogP contribution in [0.15, 0.2) is 54.7 Å². The van der Waals surface area contributed by atoms with E-state index in [1.54, 1.807) is 6.20 Å². The van der Waals surface area contributed by atoms with E-state index in [2.05, 4.69) is 24.3 Å². The highest BCUT2D eigenvalue weighted by atomic mass is 16.5. The van der Waals surface area contributed by atoms with Gasteiger partial charge in [-0.2, -0.15) is 5.10 Å². The van der Waals surface area contributed by atoms with E-state index in [1.165, 1.54) is 5.56 Å². The second-order valence-corrected chi connectivity index (χ2v) is 9.69. The molecule has 1 fully saturated rings. The van der Waals surface area contributed by atoms with Crippen molar-refractivity contribution in [2.24, 2.45) is 0 Å². The first kappa shape index (κ1) is 24.7. The van der Waals surface area contributed by atoms with Gasteiger partial charge in [0.2, 0.25) is 0 Å². The molecule has 1 aliphatic heterocycles. The number of hydrogen-bond donors (Lipinski definition) is 1. The van der Waals surface area contributed by atoms with Gasteiger partial charge < -0.3 is 15.0 Å². The molecule has 7 heteroatoms. The molecular weight excluding hydrogens is 440 g/mol. The van der Waals surface area contributed by atoms with Crippen molar-refractivity contribution >= 4 is 11.8 Å². The molecule has 0 bridgehead atoms. The molecule has 1 aromatic heterocycles. The first-order valence-electron chi connectivity index (χ1n) is 12.2. The highest BCUT2D eigenvalue weighted by Crippen LogP contribution is 2.23. The molecule has 184 valence electrons. The van der Waals surface area contributed by atoms with Crippen LogP contribution in [0.4, 0.5) is 0 Å². The smallest absolute Gasteiger partial charge is 0.255 e. The molecule has 0 saturated carbocycles. The summed E-state index contributed by atoms with van der Waals surface area (Å²) in [5.74, 6) is -0.0355. The fourth-order valence-corrected chi connectivity index (χ4v) is 4.55. The lowest BCUT2D eigenvalue weighted by Crippen LogP contribution is -2.48. The van der Waals surface area contributed by atoms with Crippen LogP contribution in [0.2, 0.25) is 0 Å². The number of morpholine rings is 1. The van der Waals surface area contributed by atoms with E-state index >= 15 is 0 Å². The maximum absolute atomic E-state index is 13.0. The Morgan fingerprint density at radius 2 is 1.66 bits per heavy atom. The zero-order valence-electron chi connectivity index (χ0n) is 21.1. The van der Waals surface area contributed by atoms with E-state index in [0.717, 1.165) is 16.9 Å². The minimum absolute atomic E-state index is 0.00711. The van der Waals surface area contributed by atoms with Crippen LogP contribution in [-0.4, -0.2) is 51.8 Å². The molecule has 3 aromatic rings. The van der Waals surface area contributed by atoms with Gasteiger partial charge in [-0.1, -0.05) is 43.7 Å². The molecule has 2 atom stereocenters. The number of aromatic nitrogens is 2. The zero-order valence-corrected chi connectivity index (χ0v) is 21.1. The summed E-state index contributed by atoms with van der Waals surface area (Å²) in [6.07, 6.45) is 1.70. The van der Waals surface area contributed by atoms with Gasteiger partial charge in [-0.05, 0) is 56.5 Å². The van der Waals surface area contributed by atoms with Gasteiger partial charge in [0.1, 0.15) is 0 Å². The Kier molecular flexibility index (Phi) is 7.36. The predicted molar refractivity (Wildman–Crippen MR) is 136 cm³/mol. The summed E-state index contributed by atoms with van der Waals surface area (Å²) in [5.41, 5.74) is 5.12. The Hall–Kier alpha value is -3.45. The van der Waals surface area contributed by atoms with E-state index < -0.39 is 0 Å². The third-order valence-electron chi connectivity index (χ3n) is 6.24. The largest absolute Gasteiger partial charge is 0.372 e. The zero-order chi connectivity index (χ0) is 25.1. The van der Waals surface area contributed by atoms with E-state index in [1.807, 2.05) is 78.9 Å². The third-order valence-corrected chi connectivity index (χ3v) is 6.24. The molecule has 1 aliphatic rings. The molecule has 0 aliphatic carbocycles. The Morgan fingerprint density at radius 3 is 2.26 bits per heavy atom. The van der Waals surface area contributed by atoms with Crippen molar-refractivity contribution in [1.29, 1.82) is 0 Å². The average molecular weight is 475 g/mol. The third kappa shape index (κ3) is 5.62. The Bertz CT molecular complexity index is 1170. The van der Waals surface area contributed by atoms with Crippen LogP contribution < -0.4 is 5.32 Å². The number of rotatable bonds is 6. The lowest BCUT2D eigenvalue weighted by molar-refractivity contribution is -0.0586. The van der Waals surface area contributed by atoms with E-state index in [-0.39, 0.29) is 29.9 Å². The lowest BCUT2D eigenvalue weighted by atomic mass is 10.0. The van der Waals surface area contributed by atoms with Gasteiger partial charge >= 0.3 is 0 Å². The Balaban J connectivity index is 1.42. The molecule has 2 aromatic carbocycles. The van der Waals surface area contributed by atoms with Crippen LogP contribution >= 0.6 is 0 Å². The Morgan fingerprint density at radius 1 is 1.03 bits per heavy atom. The minimum atomic E-state index is -0.163. The average Bonchev–Trinajstić information content (AvgIpc) is 3.28. The number of benzene rings is 2. The minimum Gasteiger partial charge on any atom is -0.372 e. The van der Waals surface area contributed by atoms with Crippen LogP contribution in [0, 0.1) is 6.92 Å². The molecular formula is C28H34N4O3. The highest BCUT2D eigenvalue weighted by Gasteiger charge is 2.26. The SMILES string of the molecule is Cc1ccc(-n2ncc(C(=O)NCc3ccc(C(=O)N4CC(C)OC(C)C4)cc3)c2C(C)C)cc1. The number of nitrogens with zero attached hydrogens (tertiary/aromatic N) is 3. The molecule has 4 rings (SSSR count). The summed E-state index contributed by atoms with van der Waals surface area (Å²) in [5, 5.41) is 7.51. The van der Waals surface area contributed by atoms with Crippen LogP contribution in [0.25, 0.3) is 5.69 Å². The maximum Gasteiger partial charge on any atom is 0.255 e. The molecule has 1 saturated heterocycles. The summed E-state index contributed by atoms with van der Waals surface area (Å²) in [6.45, 7) is 11.7. The molecule has 7 nitrogen and oxygen atoms in total. The van der Waals surface area contributed by atoms with Crippen LogP contribution in [-0.2, 0) is 11.3 Å². The maximum atomic E-state index is 13.0. The van der Waals surface area contributed by atoms with E-state index in [4.69, 9.17) is 4.74 Å². The topological polar surface area (TPSA) is 76.5 Å². The molecule has 1 N–H and O–H groups in total. The van der Waals surface area contributed by atoms with Crippen molar-refractivity contribution in [2.45, 2.75) is 59.3 Å². The first-order valence-corrected chi connectivity index (χ1v) is 12.2. The monoisotopic (exact) mass is 474 g/mol. The molecule has 2 unspecified atom stereocenters. The number of carbonyl (C=O) groups is 2. The summed E-state index contributed by atoms with van der Waals surface area (Å²) >= 11 is 0. The van der Waals surface area contributed by atoms with Gasteiger partial charge in [-0.3, -0.25) is 9.59 Å².